The first-order chi connectivity index (χ1) is 8.41. The number of nitrogens with two attached hydrogens (primary N) is 1. The van der Waals surface area contributed by atoms with Crippen LogP contribution in [0, 0.1) is 11.8 Å². The molecule has 0 saturated carbocycles. The van der Waals surface area contributed by atoms with Gasteiger partial charge in [-0.2, -0.15) is 0 Å². The monoisotopic (exact) mass is 267 g/mol. The van der Waals surface area contributed by atoms with Crippen LogP contribution in [0.5, 0.6) is 0 Å². The van der Waals surface area contributed by atoms with E-state index in [2.05, 4.69) is 4.98 Å². The maximum absolute atomic E-state index is 11.9. The van der Waals surface area contributed by atoms with Gasteiger partial charge in [0.15, 0.2) is 0 Å². The topological polar surface area (TPSA) is 76.3 Å². The summed E-state index contributed by atoms with van der Waals surface area (Å²) in [6.45, 7) is 3.58. The molecule has 1 aliphatic rings. The SMILES string of the molecule is CC1C(=O)N(Cc2nc(N)ccc2Cl)C(=O)C1C. The molecule has 2 amide bonds. The van der Waals surface area contributed by atoms with Crippen LogP contribution in [0.1, 0.15) is 19.5 Å². The number of nitrogen functional groups attached to an aromatic ring is 1. The number of rotatable bonds is 2. The van der Waals surface area contributed by atoms with Crippen molar-refractivity contribution in [3.05, 3.63) is 22.8 Å². The molecule has 2 rings (SSSR count). The molecule has 6 heteroatoms. The molecule has 0 radical (unpaired) electrons. The highest BCUT2D eigenvalue weighted by atomic mass is 35.5. The van der Waals surface area contributed by atoms with Crippen molar-refractivity contribution < 1.29 is 9.59 Å². The van der Waals surface area contributed by atoms with Crippen LogP contribution in [0.3, 0.4) is 0 Å². The molecule has 2 atom stereocenters. The first kappa shape index (κ1) is 12.8. The van der Waals surface area contributed by atoms with Crippen LogP contribution in [0.15, 0.2) is 12.1 Å². The van der Waals surface area contributed by atoms with Crippen LogP contribution >= 0.6 is 11.6 Å². The van der Waals surface area contributed by atoms with E-state index in [1.165, 1.54) is 4.90 Å². The highest BCUT2D eigenvalue weighted by Gasteiger charge is 2.42. The molecule has 96 valence electrons. The molecule has 2 N–H and O–H groups in total. The standard InChI is InChI=1S/C12H14ClN3O2/c1-6-7(2)12(18)16(11(6)17)5-9-8(13)3-4-10(14)15-9/h3-4,6-7H,5H2,1-2H3,(H2,14,15). The van der Waals surface area contributed by atoms with E-state index in [0.717, 1.165) is 0 Å². The van der Waals surface area contributed by atoms with Gasteiger partial charge in [0.1, 0.15) is 5.82 Å². The summed E-state index contributed by atoms with van der Waals surface area (Å²) in [7, 11) is 0. The quantitative estimate of drug-likeness (QED) is 0.823. The predicted molar refractivity (Wildman–Crippen MR) is 67.5 cm³/mol. The summed E-state index contributed by atoms with van der Waals surface area (Å²) in [6.07, 6.45) is 0. The molecule has 1 aromatic rings. The molecule has 2 heterocycles. The Bertz CT molecular complexity index is 498. The zero-order chi connectivity index (χ0) is 13.4. The van der Waals surface area contributed by atoms with Crippen molar-refractivity contribution in [1.29, 1.82) is 0 Å². The minimum absolute atomic E-state index is 0.0796. The van der Waals surface area contributed by atoms with Crippen LogP contribution in [0.4, 0.5) is 5.82 Å². The highest BCUT2D eigenvalue weighted by Crippen LogP contribution is 2.28. The Hall–Kier alpha value is -1.62. The van der Waals surface area contributed by atoms with E-state index >= 15 is 0 Å². The Balaban J connectivity index is 2.27. The van der Waals surface area contributed by atoms with Crippen molar-refractivity contribution in [3.63, 3.8) is 0 Å². The largest absolute Gasteiger partial charge is 0.384 e. The van der Waals surface area contributed by atoms with Crippen LogP contribution in [-0.2, 0) is 16.1 Å². The average Bonchev–Trinajstić information content (AvgIpc) is 2.51. The zero-order valence-corrected chi connectivity index (χ0v) is 10.9. The van der Waals surface area contributed by atoms with Crippen molar-refractivity contribution in [2.24, 2.45) is 11.8 Å². The first-order valence-corrected chi connectivity index (χ1v) is 6.05. The molecule has 0 aromatic carbocycles. The fourth-order valence-corrected chi connectivity index (χ4v) is 2.11. The minimum Gasteiger partial charge on any atom is -0.384 e. The summed E-state index contributed by atoms with van der Waals surface area (Å²) in [5.41, 5.74) is 6.01. The maximum Gasteiger partial charge on any atom is 0.233 e. The van der Waals surface area contributed by atoms with E-state index in [1.54, 1.807) is 26.0 Å². The van der Waals surface area contributed by atoms with Gasteiger partial charge in [-0.25, -0.2) is 4.98 Å². The van der Waals surface area contributed by atoms with Gasteiger partial charge in [-0.05, 0) is 12.1 Å². The number of carbonyl (C=O) groups is 2. The van der Waals surface area contributed by atoms with Gasteiger partial charge in [0.25, 0.3) is 0 Å². The molecule has 0 aliphatic carbocycles. The van der Waals surface area contributed by atoms with Gasteiger partial charge in [0.2, 0.25) is 11.8 Å². The molecular formula is C12H14ClN3O2. The Morgan fingerprint density at radius 1 is 1.28 bits per heavy atom. The van der Waals surface area contributed by atoms with Crippen LogP contribution < -0.4 is 5.73 Å². The van der Waals surface area contributed by atoms with Crippen LogP contribution in [-0.4, -0.2) is 21.7 Å². The van der Waals surface area contributed by atoms with E-state index in [1.807, 2.05) is 0 Å². The number of aromatic nitrogens is 1. The van der Waals surface area contributed by atoms with Crippen molar-refractivity contribution in [1.82, 2.24) is 9.88 Å². The van der Waals surface area contributed by atoms with Crippen molar-refractivity contribution in [2.75, 3.05) is 5.73 Å². The molecule has 1 fully saturated rings. The van der Waals surface area contributed by atoms with Gasteiger partial charge < -0.3 is 5.73 Å². The lowest BCUT2D eigenvalue weighted by Crippen LogP contribution is -2.30. The third kappa shape index (κ3) is 2.06. The molecule has 1 aliphatic heterocycles. The van der Waals surface area contributed by atoms with Gasteiger partial charge in [0, 0.05) is 11.8 Å². The van der Waals surface area contributed by atoms with E-state index < -0.39 is 0 Å². The number of pyridine rings is 1. The normalized spacial score (nSPS) is 23.8. The number of hydrogen-bond acceptors (Lipinski definition) is 4. The number of likely N-dealkylation sites (tertiary alicyclic amines) is 1. The summed E-state index contributed by atoms with van der Waals surface area (Å²) in [6, 6.07) is 3.18. The molecule has 18 heavy (non-hydrogen) atoms. The van der Waals surface area contributed by atoms with Gasteiger partial charge in [-0.3, -0.25) is 14.5 Å². The molecule has 1 saturated heterocycles. The maximum atomic E-state index is 11.9. The molecule has 1 aromatic heterocycles. The van der Waals surface area contributed by atoms with Crippen molar-refractivity contribution in [2.45, 2.75) is 20.4 Å². The lowest BCUT2D eigenvalue weighted by molar-refractivity contribution is -0.140. The number of halogens is 1. The van der Waals surface area contributed by atoms with Crippen LogP contribution in [0.25, 0.3) is 0 Å². The number of nitrogens with zero attached hydrogens (tertiary/aromatic N) is 2. The zero-order valence-electron chi connectivity index (χ0n) is 10.2. The van der Waals surface area contributed by atoms with E-state index in [-0.39, 0.29) is 30.2 Å². The smallest absolute Gasteiger partial charge is 0.233 e. The Morgan fingerprint density at radius 2 is 1.83 bits per heavy atom. The van der Waals surface area contributed by atoms with Gasteiger partial charge in [0.05, 0.1) is 17.3 Å². The van der Waals surface area contributed by atoms with Gasteiger partial charge in [-0.1, -0.05) is 25.4 Å². The summed E-state index contributed by atoms with van der Waals surface area (Å²) < 4.78 is 0. The predicted octanol–water partition coefficient (Wildman–Crippen LogP) is 1.46. The second-order valence-electron chi connectivity index (χ2n) is 4.50. The number of hydrogen-bond donors (Lipinski definition) is 1. The third-order valence-electron chi connectivity index (χ3n) is 3.31. The van der Waals surface area contributed by atoms with Crippen molar-refractivity contribution >= 4 is 29.2 Å². The Labute approximate surface area is 110 Å². The summed E-state index contributed by atoms with van der Waals surface area (Å²) in [5.74, 6) is -0.648. The summed E-state index contributed by atoms with van der Waals surface area (Å²) >= 11 is 5.98. The third-order valence-corrected chi connectivity index (χ3v) is 3.65. The molecule has 2 unspecified atom stereocenters. The van der Waals surface area contributed by atoms with Gasteiger partial charge in [-0.15, -0.1) is 0 Å². The first-order valence-electron chi connectivity index (χ1n) is 5.68. The molecule has 5 nitrogen and oxygen atoms in total. The van der Waals surface area contributed by atoms with Crippen molar-refractivity contribution in [3.8, 4) is 0 Å². The van der Waals surface area contributed by atoms with E-state index in [4.69, 9.17) is 17.3 Å². The van der Waals surface area contributed by atoms with E-state index in [0.29, 0.717) is 16.5 Å². The Morgan fingerprint density at radius 3 is 2.39 bits per heavy atom. The number of anilines is 1. The minimum atomic E-state index is -0.294. The fourth-order valence-electron chi connectivity index (χ4n) is 1.95. The highest BCUT2D eigenvalue weighted by molar-refractivity contribution is 6.31. The molecular weight excluding hydrogens is 254 g/mol. The van der Waals surface area contributed by atoms with Crippen LogP contribution in [0.2, 0.25) is 5.02 Å². The lowest BCUT2D eigenvalue weighted by Gasteiger charge is -2.15. The summed E-state index contributed by atoms with van der Waals surface area (Å²) in [5, 5.41) is 0.400. The second kappa shape index (κ2) is 4.57. The van der Waals surface area contributed by atoms with Gasteiger partial charge >= 0.3 is 0 Å². The average molecular weight is 268 g/mol. The fraction of sp³-hybridized carbons (Fsp3) is 0.417. The lowest BCUT2D eigenvalue weighted by atomic mass is 10.00. The number of carbonyl (C=O) groups excluding carboxylic acids is 2. The summed E-state index contributed by atoms with van der Waals surface area (Å²) in [4.78, 5) is 29.1. The molecule has 0 bridgehead atoms. The second-order valence-corrected chi connectivity index (χ2v) is 4.91. The van der Waals surface area contributed by atoms with E-state index in [9.17, 15) is 9.59 Å². The number of amides is 2. The number of imide groups is 1. The molecule has 0 spiro atoms. The Kier molecular flexibility index (Phi) is 3.26.